The zero-order chi connectivity index (χ0) is 34.4. The van der Waals surface area contributed by atoms with Crippen LogP contribution in [-0.4, -0.2) is 15.0 Å². The van der Waals surface area contributed by atoms with E-state index in [-0.39, 0.29) is 0 Å². The molecule has 6 nitrogen and oxygen atoms in total. The summed E-state index contributed by atoms with van der Waals surface area (Å²) >= 11 is 1.65. The van der Waals surface area contributed by atoms with Gasteiger partial charge in [0, 0.05) is 27.6 Å². The molecule has 242 valence electrons. The third kappa shape index (κ3) is 3.92. The summed E-state index contributed by atoms with van der Waals surface area (Å²) in [6, 6.07) is 51.2. The molecule has 0 saturated carbocycles. The fourth-order valence-corrected chi connectivity index (χ4v) is 9.20. The molecule has 0 amide bonds. The Bertz CT molecular complexity index is 2820. The first-order chi connectivity index (χ1) is 25.7. The third-order valence-electron chi connectivity index (χ3n) is 10.2. The van der Waals surface area contributed by atoms with Gasteiger partial charge in [-0.25, -0.2) is 15.0 Å². The molecule has 7 heteroatoms. The van der Waals surface area contributed by atoms with Crippen molar-refractivity contribution >= 4 is 27.6 Å². The van der Waals surface area contributed by atoms with Gasteiger partial charge in [0.25, 0.3) is 0 Å². The molecule has 2 aliphatic carbocycles. The molecule has 1 atom stereocenters. The van der Waals surface area contributed by atoms with Crippen molar-refractivity contribution in [1.82, 2.24) is 15.0 Å². The monoisotopic (exact) mass is 684 g/mol. The molecule has 1 spiro atoms. The molecule has 0 radical (unpaired) electrons. The largest absolute Gasteiger partial charge is 0.459 e. The Morgan fingerprint density at radius 2 is 1.25 bits per heavy atom. The number of hydrogen-bond acceptors (Lipinski definition) is 7. The number of allylic oxidation sites excluding steroid dienone is 1. The highest BCUT2D eigenvalue weighted by atomic mass is 32.2. The zero-order valence-corrected chi connectivity index (χ0v) is 28.2. The number of benzene rings is 6. The number of hydrogen-bond donors (Lipinski definition) is 0. The molecule has 6 aromatic carbocycles. The molecular formula is C45H24N4O2S. The maximum Gasteiger partial charge on any atom is 0.164 e. The van der Waals surface area contributed by atoms with Gasteiger partial charge in [0.15, 0.2) is 23.2 Å². The lowest BCUT2D eigenvalue weighted by Crippen LogP contribution is -2.30. The van der Waals surface area contributed by atoms with E-state index in [0.717, 1.165) is 76.8 Å². The Kier molecular flexibility index (Phi) is 6.07. The highest BCUT2D eigenvalue weighted by Crippen LogP contribution is 2.68. The highest BCUT2D eigenvalue weighted by molar-refractivity contribution is 8.08. The molecule has 1 aliphatic heterocycles. The Morgan fingerprint density at radius 1 is 0.596 bits per heavy atom. The minimum atomic E-state index is -0.884. The molecule has 3 heterocycles. The Hall–Kier alpha value is -6.75. The summed E-state index contributed by atoms with van der Waals surface area (Å²) in [6.07, 6.45) is 0. The van der Waals surface area contributed by atoms with Gasteiger partial charge in [0.2, 0.25) is 0 Å². The lowest BCUT2D eigenvalue weighted by Gasteiger charge is -2.32. The summed E-state index contributed by atoms with van der Waals surface area (Å²) in [5.74, 6) is 3.98. The summed E-state index contributed by atoms with van der Waals surface area (Å²) in [4.78, 5) is 16.9. The van der Waals surface area contributed by atoms with Gasteiger partial charge in [-0.15, -0.1) is 0 Å². The van der Waals surface area contributed by atoms with E-state index < -0.39 is 5.41 Å². The number of para-hydroxylation sites is 2. The van der Waals surface area contributed by atoms with Crippen molar-refractivity contribution in [2.24, 2.45) is 0 Å². The van der Waals surface area contributed by atoms with Gasteiger partial charge in [-0.3, -0.25) is 0 Å². The van der Waals surface area contributed by atoms with E-state index in [0.29, 0.717) is 28.8 Å². The summed E-state index contributed by atoms with van der Waals surface area (Å²) in [7, 11) is 0. The number of ether oxygens (including phenoxy) is 1. The SMILES string of the molecule is N#Cc1cccc2c1OC1=C(S2)c2c(oc3ccccc23)C12c1ccccc1-c1cc(-c3nc(-c4ccccc4)nc(-c4ccccc4)n3)ccc12. The van der Waals surface area contributed by atoms with Crippen LogP contribution in [0.5, 0.6) is 5.75 Å². The average molecular weight is 685 g/mol. The number of aromatic nitrogens is 3. The molecule has 52 heavy (non-hydrogen) atoms. The number of thioether (sulfide) groups is 1. The minimum Gasteiger partial charge on any atom is -0.459 e. The van der Waals surface area contributed by atoms with E-state index in [4.69, 9.17) is 24.1 Å². The van der Waals surface area contributed by atoms with Crippen molar-refractivity contribution in [2.45, 2.75) is 10.3 Å². The van der Waals surface area contributed by atoms with Crippen LogP contribution < -0.4 is 4.74 Å². The van der Waals surface area contributed by atoms with Crippen molar-refractivity contribution < 1.29 is 9.15 Å². The fraction of sp³-hybridized carbons (Fsp3) is 0.0222. The molecule has 0 bridgehead atoms. The number of rotatable bonds is 3. The van der Waals surface area contributed by atoms with Crippen LogP contribution in [0.15, 0.2) is 161 Å². The molecule has 8 aromatic rings. The van der Waals surface area contributed by atoms with Crippen LogP contribution >= 0.6 is 11.8 Å². The van der Waals surface area contributed by atoms with Crippen LogP contribution in [0.25, 0.3) is 61.2 Å². The molecule has 0 N–H and O–H groups in total. The van der Waals surface area contributed by atoms with E-state index in [9.17, 15) is 5.26 Å². The Labute approximate surface area is 302 Å². The number of nitrogens with zero attached hydrogens (tertiary/aromatic N) is 4. The molecule has 2 aromatic heterocycles. The second-order valence-corrected chi connectivity index (χ2v) is 14.1. The summed E-state index contributed by atoms with van der Waals surface area (Å²) in [5, 5.41) is 11.1. The van der Waals surface area contributed by atoms with Crippen molar-refractivity contribution in [2.75, 3.05) is 0 Å². The van der Waals surface area contributed by atoms with Crippen molar-refractivity contribution in [3.05, 3.63) is 179 Å². The van der Waals surface area contributed by atoms with Crippen molar-refractivity contribution in [3.8, 4) is 57.1 Å². The predicted molar refractivity (Wildman–Crippen MR) is 202 cm³/mol. The first kappa shape index (κ1) is 29.0. The molecular weight excluding hydrogens is 661 g/mol. The van der Waals surface area contributed by atoms with Crippen LogP contribution in [0.3, 0.4) is 0 Å². The van der Waals surface area contributed by atoms with Gasteiger partial charge in [-0.05, 0) is 46.5 Å². The smallest absolute Gasteiger partial charge is 0.164 e. The van der Waals surface area contributed by atoms with Gasteiger partial charge < -0.3 is 9.15 Å². The van der Waals surface area contributed by atoms with Crippen LogP contribution in [0.2, 0.25) is 0 Å². The molecule has 3 aliphatic rings. The third-order valence-corrected chi connectivity index (χ3v) is 11.4. The normalized spacial score (nSPS) is 16.1. The van der Waals surface area contributed by atoms with Crippen LogP contribution in [0.1, 0.15) is 28.0 Å². The summed E-state index contributed by atoms with van der Waals surface area (Å²) < 4.78 is 13.9. The first-order valence-corrected chi connectivity index (χ1v) is 17.8. The summed E-state index contributed by atoms with van der Waals surface area (Å²) in [5.41, 5.74) is 8.41. The average Bonchev–Trinajstić information content (AvgIpc) is 3.83. The number of furan rings is 1. The second kappa shape index (κ2) is 10.9. The Balaban J connectivity index is 1.17. The van der Waals surface area contributed by atoms with E-state index in [1.165, 1.54) is 0 Å². The van der Waals surface area contributed by atoms with E-state index >= 15 is 0 Å². The number of fused-ring (bicyclic) bond motifs is 12. The number of nitriles is 1. The molecule has 1 unspecified atom stereocenters. The topological polar surface area (TPSA) is 84.8 Å². The highest BCUT2D eigenvalue weighted by Gasteiger charge is 2.59. The van der Waals surface area contributed by atoms with Gasteiger partial charge in [-0.1, -0.05) is 133 Å². The van der Waals surface area contributed by atoms with Crippen molar-refractivity contribution in [1.29, 1.82) is 5.26 Å². The first-order valence-electron chi connectivity index (χ1n) is 17.0. The van der Waals surface area contributed by atoms with E-state index in [1.807, 2.05) is 97.1 Å². The second-order valence-electron chi connectivity index (χ2n) is 13.0. The summed E-state index contributed by atoms with van der Waals surface area (Å²) in [6.45, 7) is 0. The predicted octanol–water partition coefficient (Wildman–Crippen LogP) is 10.7. The minimum absolute atomic E-state index is 0.500. The van der Waals surface area contributed by atoms with Gasteiger partial charge in [0.1, 0.15) is 28.6 Å². The van der Waals surface area contributed by atoms with Gasteiger partial charge >= 0.3 is 0 Å². The van der Waals surface area contributed by atoms with Crippen LogP contribution in [0, 0.1) is 11.3 Å². The quantitative estimate of drug-likeness (QED) is 0.183. The van der Waals surface area contributed by atoms with Crippen molar-refractivity contribution in [3.63, 3.8) is 0 Å². The molecule has 0 fully saturated rings. The fourth-order valence-electron chi connectivity index (χ4n) is 7.99. The zero-order valence-electron chi connectivity index (χ0n) is 27.4. The lowest BCUT2D eigenvalue weighted by atomic mass is 9.76. The lowest BCUT2D eigenvalue weighted by molar-refractivity contribution is 0.343. The standard InChI is InChI=1S/C45H24N4O2S/c46-25-29-16-11-21-36-38(29)51-41-39(52-36)37-31-18-8-10-20-35(31)50-40(37)45(41)33-19-9-7-17-30(33)32-24-28(22-23-34(32)45)44-48-42(26-12-3-1-4-13-26)47-43(49-44)27-14-5-2-6-15-27/h1-24H. The molecule has 0 saturated heterocycles. The van der Waals surface area contributed by atoms with E-state index in [1.54, 1.807) is 11.8 Å². The maximum atomic E-state index is 10.1. The van der Waals surface area contributed by atoms with E-state index in [2.05, 4.69) is 54.6 Å². The molecule has 11 rings (SSSR count). The Morgan fingerprint density at radius 3 is 2.00 bits per heavy atom. The maximum absolute atomic E-state index is 10.1. The van der Waals surface area contributed by atoms with Gasteiger partial charge in [0.05, 0.1) is 15.4 Å². The van der Waals surface area contributed by atoms with Gasteiger partial charge in [-0.2, -0.15) is 5.26 Å². The van der Waals surface area contributed by atoms with Crippen LogP contribution in [-0.2, 0) is 5.41 Å². The van der Waals surface area contributed by atoms with Crippen LogP contribution in [0.4, 0.5) is 0 Å².